The molecule has 0 bridgehead atoms. The van der Waals surface area contributed by atoms with Gasteiger partial charge in [0.2, 0.25) is 10.8 Å². The first-order chi connectivity index (χ1) is 14.1. The van der Waals surface area contributed by atoms with Gasteiger partial charge < -0.3 is 10.0 Å². The van der Waals surface area contributed by atoms with Crippen molar-refractivity contribution >= 4 is 16.3 Å². The maximum atomic E-state index is 11.1. The van der Waals surface area contributed by atoms with Crippen LogP contribution in [0.3, 0.4) is 0 Å². The Bertz CT molecular complexity index is 1180. The van der Waals surface area contributed by atoms with E-state index in [4.69, 9.17) is 0 Å². The van der Waals surface area contributed by atoms with Gasteiger partial charge in [0.05, 0.1) is 6.54 Å². The van der Waals surface area contributed by atoms with E-state index >= 15 is 0 Å². The Labute approximate surface area is 174 Å². The van der Waals surface area contributed by atoms with Gasteiger partial charge in [-0.05, 0) is 18.6 Å². The van der Waals surface area contributed by atoms with Crippen LogP contribution in [0.1, 0.15) is 45.9 Å². The summed E-state index contributed by atoms with van der Waals surface area (Å²) in [7, 11) is 0. The van der Waals surface area contributed by atoms with Gasteiger partial charge in [-0.25, -0.2) is 4.98 Å². The van der Waals surface area contributed by atoms with E-state index in [1.54, 1.807) is 15.9 Å². The lowest BCUT2D eigenvalue weighted by Crippen LogP contribution is -3.12. The highest BCUT2D eigenvalue weighted by Crippen LogP contribution is 2.35. The average Bonchev–Trinajstić information content (AvgIpc) is 3.27. The summed E-state index contributed by atoms with van der Waals surface area (Å²) in [6.45, 7) is 6.13. The van der Waals surface area contributed by atoms with Crippen LogP contribution in [0.25, 0.3) is 4.96 Å². The van der Waals surface area contributed by atoms with Gasteiger partial charge in [-0.3, -0.25) is 0 Å². The van der Waals surface area contributed by atoms with Crippen molar-refractivity contribution in [3.05, 3.63) is 81.5 Å². The molecule has 2 aromatic heterocycles. The molecule has 1 aliphatic rings. The van der Waals surface area contributed by atoms with Crippen LogP contribution in [0.2, 0.25) is 0 Å². The lowest BCUT2D eigenvalue weighted by Gasteiger charge is -2.32. The molecule has 29 heavy (non-hydrogen) atoms. The molecule has 3 heterocycles. The minimum absolute atomic E-state index is 0.0573. The summed E-state index contributed by atoms with van der Waals surface area (Å²) in [5, 5.41) is 15.6. The Morgan fingerprint density at radius 1 is 1.17 bits per heavy atom. The van der Waals surface area contributed by atoms with Crippen molar-refractivity contribution in [1.29, 1.82) is 0 Å². The predicted octanol–water partition coefficient (Wildman–Crippen LogP) is 3.10. The summed E-state index contributed by atoms with van der Waals surface area (Å²) in [5.41, 5.74) is 5.31. The molecule has 0 aliphatic carbocycles. The minimum Gasteiger partial charge on any atom is -0.492 e. The molecule has 148 valence electrons. The average molecular weight is 406 g/mol. The van der Waals surface area contributed by atoms with Gasteiger partial charge >= 0.3 is 0 Å². The molecule has 0 amide bonds. The lowest BCUT2D eigenvalue weighted by molar-refractivity contribution is -0.940. The molecule has 2 N–H and O–H groups in total. The zero-order valence-electron chi connectivity index (χ0n) is 16.7. The fourth-order valence-electron chi connectivity index (χ4n) is 4.40. The topological polar surface area (TPSA) is 54.9 Å². The van der Waals surface area contributed by atoms with Crippen LogP contribution in [0.5, 0.6) is 5.88 Å². The molecule has 0 spiro atoms. The number of fused-ring (bicyclic) bond motifs is 2. The molecular weight excluding hydrogens is 380 g/mol. The lowest BCUT2D eigenvalue weighted by atomic mass is 9.95. The number of aromatic nitrogens is 3. The van der Waals surface area contributed by atoms with Crippen LogP contribution in [0, 0.1) is 6.92 Å². The van der Waals surface area contributed by atoms with Crippen molar-refractivity contribution in [1.82, 2.24) is 14.6 Å². The van der Waals surface area contributed by atoms with Crippen LogP contribution in [-0.2, 0) is 19.4 Å². The Kier molecular flexibility index (Phi) is 4.60. The Balaban J connectivity index is 1.62. The van der Waals surface area contributed by atoms with Crippen molar-refractivity contribution in [3.8, 4) is 5.88 Å². The number of nitrogens with one attached hydrogen (secondary N) is 1. The number of benzene rings is 2. The van der Waals surface area contributed by atoms with E-state index in [0.717, 1.165) is 41.6 Å². The zero-order valence-corrected chi connectivity index (χ0v) is 17.5. The van der Waals surface area contributed by atoms with Crippen molar-refractivity contribution in [3.63, 3.8) is 0 Å². The first-order valence-electron chi connectivity index (χ1n) is 10.2. The van der Waals surface area contributed by atoms with Gasteiger partial charge in [0.15, 0.2) is 11.9 Å². The molecule has 0 saturated heterocycles. The van der Waals surface area contributed by atoms with Gasteiger partial charge in [0.25, 0.3) is 0 Å². The van der Waals surface area contributed by atoms with E-state index in [9.17, 15) is 5.11 Å². The number of quaternary nitrogens is 1. The second-order valence-corrected chi connectivity index (χ2v) is 8.83. The van der Waals surface area contributed by atoms with E-state index in [0.29, 0.717) is 0 Å². The molecule has 0 fully saturated rings. The highest BCUT2D eigenvalue weighted by atomic mass is 32.1. The first kappa shape index (κ1) is 18.3. The van der Waals surface area contributed by atoms with Crippen molar-refractivity contribution in [2.24, 2.45) is 0 Å². The standard InChI is InChI=1S/C23H24N4OS/c1-3-19-24-23-27(25-19)22(28)21(29-23)20(17-10-6-7-15(2)13-17)26-12-11-16-8-4-5-9-18(16)14-26/h4-10,13,20,28H,3,11-12,14H2,1-2H3/p+1/t20-/m1/s1. The van der Waals surface area contributed by atoms with Gasteiger partial charge in [-0.15, -0.1) is 5.10 Å². The second-order valence-electron chi connectivity index (χ2n) is 7.82. The Hall–Kier alpha value is -2.70. The molecule has 0 saturated carbocycles. The van der Waals surface area contributed by atoms with Crippen molar-refractivity contribution in [2.75, 3.05) is 6.54 Å². The number of thiazole rings is 1. The van der Waals surface area contributed by atoms with E-state index in [1.165, 1.54) is 27.2 Å². The summed E-state index contributed by atoms with van der Waals surface area (Å²) in [4.78, 5) is 7.75. The largest absolute Gasteiger partial charge is 0.492 e. The number of nitrogens with zero attached hydrogens (tertiary/aromatic N) is 3. The van der Waals surface area contributed by atoms with Gasteiger partial charge in [0, 0.05) is 24.0 Å². The number of rotatable bonds is 4. The van der Waals surface area contributed by atoms with Gasteiger partial charge in [-0.2, -0.15) is 4.52 Å². The third-order valence-electron chi connectivity index (χ3n) is 5.86. The molecule has 6 heteroatoms. The van der Waals surface area contributed by atoms with Crippen molar-refractivity contribution in [2.45, 2.75) is 39.3 Å². The van der Waals surface area contributed by atoms with Crippen LogP contribution in [-0.4, -0.2) is 26.2 Å². The fraction of sp³-hybridized carbons (Fsp3) is 0.304. The molecule has 0 radical (unpaired) electrons. The van der Waals surface area contributed by atoms with Crippen LogP contribution in [0.4, 0.5) is 0 Å². The van der Waals surface area contributed by atoms with E-state index in [-0.39, 0.29) is 11.9 Å². The monoisotopic (exact) mass is 405 g/mol. The molecule has 1 unspecified atom stereocenters. The molecule has 2 atom stereocenters. The zero-order chi connectivity index (χ0) is 20.0. The smallest absolute Gasteiger partial charge is 0.235 e. The van der Waals surface area contributed by atoms with Crippen LogP contribution < -0.4 is 4.90 Å². The summed E-state index contributed by atoms with van der Waals surface area (Å²) >= 11 is 1.56. The van der Waals surface area contributed by atoms with Gasteiger partial charge in [-0.1, -0.05) is 66.3 Å². The number of hydrogen-bond donors (Lipinski definition) is 2. The summed E-state index contributed by atoms with van der Waals surface area (Å²) in [6.07, 6.45) is 1.81. The van der Waals surface area contributed by atoms with Crippen LogP contribution >= 0.6 is 11.3 Å². The number of aromatic hydroxyl groups is 1. The Morgan fingerprint density at radius 3 is 2.76 bits per heavy atom. The summed E-state index contributed by atoms with van der Waals surface area (Å²) < 4.78 is 1.61. The molecule has 1 aliphatic heterocycles. The van der Waals surface area contributed by atoms with Gasteiger partial charge in [0.1, 0.15) is 11.4 Å². The maximum Gasteiger partial charge on any atom is 0.235 e. The molecule has 2 aromatic carbocycles. The molecule has 4 aromatic rings. The second kappa shape index (κ2) is 7.28. The van der Waals surface area contributed by atoms with E-state index in [1.807, 2.05) is 6.92 Å². The fourth-order valence-corrected chi connectivity index (χ4v) is 5.56. The van der Waals surface area contributed by atoms with E-state index < -0.39 is 0 Å². The Morgan fingerprint density at radius 2 is 2.00 bits per heavy atom. The number of hydrogen-bond acceptors (Lipinski definition) is 4. The third-order valence-corrected chi connectivity index (χ3v) is 6.94. The van der Waals surface area contributed by atoms with E-state index in [2.05, 4.69) is 65.5 Å². The highest BCUT2D eigenvalue weighted by Gasteiger charge is 2.34. The third kappa shape index (κ3) is 3.22. The van der Waals surface area contributed by atoms with Crippen LogP contribution in [0.15, 0.2) is 48.5 Å². The van der Waals surface area contributed by atoms with Crippen molar-refractivity contribution < 1.29 is 10.0 Å². The first-order valence-corrected chi connectivity index (χ1v) is 11.0. The quantitative estimate of drug-likeness (QED) is 0.549. The normalized spacial score (nSPS) is 17.4. The SMILES string of the molecule is CCc1nc2sc([C@@H](c3cccc(C)c3)[NH+]3CCc4ccccc4C3)c(O)n2n1. The predicted molar refractivity (Wildman–Crippen MR) is 115 cm³/mol. The molecular formula is C23H25N4OS+. The molecule has 5 rings (SSSR count). The highest BCUT2D eigenvalue weighted by molar-refractivity contribution is 7.17. The summed E-state index contributed by atoms with van der Waals surface area (Å²) in [5.74, 6) is 1.000. The summed E-state index contributed by atoms with van der Waals surface area (Å²) in [6, 6.07) is 17.4. The minimum atomic E-state index is 0.0573. The molecule has 5 nitrogen and oxygen atoms in total. The number of aryl methyl sites for hydroxylation is 2. The maximum absolute atomic E-state index is 11.1.